The Morgan fingerprint density at radius 3 is 2.90 bits per heavy atom. The van der Waals surface area contributed by atoms with Crippen molar-refractivity contribution in [3.63, 3.8) is 0 Å². The Kier molecular flexibility index (Phi) is 4.13. The molecule has 1 N–H and O–H groups in total. The number of amides is 1. The third-order valence-electron chi connectivity index (χ3n) is 2.75. The highest BCUT2D eigenvalue weighted by atomic mass is 32.2. The number of nitrogens with one attached hydrogen (secondary N) is 1. The summed E-state index contributed by atoms with van der Waals surface area (Å²) in [5, 5.41) is 6.43. The number of hydrogen-bond acceptors (Lipinski definition) is 5. The van der Waals surface area contributed by atoms with E-state index >= 15 is 0 Å². The summed E-state index contributed by atoms with van der Waals surface area (Å²) in [4.78, 5) is 20.6. The molecule has 0 bridgehead atoms. The molecule has 1 aromatic heterocycles. The van der Waals surface area contributed by atoms with Gasteiger partial charge in [0, 0.05) is 16.7 Å². The molecule has 0 saturated carbocycles. The molecule has 0 radical (unpaired) electrons. The van der Waals surface area contributed by atoms with Gasteiger partial charge in [0.2, 0.25) is 5.91 Å². The zero-order valence-electron chi connectivity index (χ0n) is 10.7. The lowest BCUT2D eigenvalue weighted by molar-refractivity contribution is -0.119. The molecule has 1 amide bonds. The Balaban J connectivity index is 1.64. The van der Waals surface area contributed by atoms with E-state index in [1.54, 1.807) is 23.1 Å². The fourth-order valence-electron chi connectivity index (χ4n) is 1.84. The highest BCUT2D eigenvalue weighted by Gasteiger charge is 2.13. The van der Waals surface area contributed by atoms with E-state index in [0.29, 0.717) is 6.42 Å². The predicted octanol–water partition coefficient (Wildman–Crippen LogP) is 2.57. The van der Waals surface area contributed by atoms with E-state index in [2.05, 4.69) is 15.3 Å². The van der Waals surface area contributed by atoms with Gasteiger partial charge in [0.25, 0.3) is 0 Å². The zero-order chi connectivity index (χ0) is 13.8. The Hall–Kier alpha value is -1.66. The first kappa shape index (κ1) is 13.3. The van der Waals surface area contributed by atoms with Crippen LogP contribution in [0.1, 0.15) is 5.69 Å². The molecule has 2 aromatic rings. The molecule has 0 spiro atoms. The number of thiazole rings is 1. The minimum absolute atomic E-state index is 0.0527. The third-order valence-corrected chi connectivity index (χ3v) is 4.58. The Labute approximate surface area is 125 Å². The second kappa shape index (κ2) is 6.19. The van der Waals surface area contributed by atoms with Gasteiger partial charge in [0.1, 0.15) is 5.01 Å². The molecule has 1 aliphatic heterocycles. The van der Waals surface area contributed by atoms with Gasteiger partial charge in [-0.3, -0.25) is 9.79 Å². The van der Waals surface area contributed by atoms with Crippen molar-refractivity contribution in [3.8, 4) is 10.6 Å². The molecule has 0 fully saturated rings. The summed E-state index contributed by atoms with van der Waals surface area (Å²) < 4.78 is 0. The van der Waals surface area contributed by atoms with Crippen molar-refractivity contribution in [2.24, 2.45) is 4.99 Å². The number of hydrogen-bond donors (Lipinski definition) is 1. The van der Waals surface area contributed by atoms with Gasteiger partial charge in [-0.2, -0.15) is 0 Å². The number of rotatable bonds is 3. The van der Waals surface area contributed by atoms with Crippen LogP contribution in [-0.2, 0) is 11.2 Å². The molecule has 4 nitrogen and oxygen atoms in total. The average molecular weight is 303 g/mol. The van der Waals surface area contributed by atoms with E-state index in [1.165, 1.54) is 0 Å². The standard InChI is InChI=1S/C14H13N3OS2/c18-12(17-14-15-6-7-19-14)8-11-9-20-13(16-11)10-4-2-1-3-5-10/h1-5,9H,6-8H2,(H,15,17,18). The van der Waals surface area contributed by atoms with Gasteiger partial charge in [-0.1, -0.05) is 42.1 Å². The molecular weight excluding hydrogens is 290 g/mol. The van der Waals surface area contributed by atoms with Crippen molar-refractivity contribution in [2.75, 3.05) is 12.3 Å². The molecule has 0 unspecified atom stereocenters. The van der Waals surface area contributed by atoms with E-state index in [9.17, 15) is 4.79 Å². The van der Waals surface area contributed by atoms with Crippen molar-refractivity contribution in [1.29, 1.82) is 0 Å². The topological polar surface area (TPSA) is 54.4 Å². The summed E-state index contributed by atoms with van der Waals surface area (Å²) in [5.41, 5.74) is 1.88. The summed E-state index contributed by atoms with van der Waals surface area (Å²) >= 11 is 3.14. The number of carbonyl (C=O) groups excluding carboxylic acids is 1. The first-order chi connectivity index (χ1) is 9.81. The van der Waals surface area contributed by atoms with Crippen LogP contribution in [0.4, 0.5) is 0 Å². The first-order valence-corrected chi connectivity index (χ1v) is 8.15. The Bertz CT molecular complexity index is 637. The lowest BCUT2D eigenvalue weighted by Crippen LogP contribution is -2.28. The Morgan fingerprint density at radius 1 is 1.30 bits per heavy atom. The number of nitrogens with zero attached hydrogens (tertiary/aromatic N) is 2. The maximum Gasteiger partial charge on any atom is 0.231 e. The van der Waals surface area contributed by atoms with E-state index in [0.717, 1.165) is 33.7 Å². The van der Waals surface area contributed by atoms with E-state index in [4.69, 9.17) is 0 Å². The van der Waals surface area contributed by atoms with Crippen LogP contribution in [-0.4, -0.2) is 28.4 Å². The fraction of sp³-hybridized carbons (Fsp3) is 0.214. The SMILES string of the molecule is O=C(Cc1csc(-c2ccccc2)n1)NC1=NCCS1. The largest absolute Gasteiger partial charge is 0.305 e. The highest BCUT2D eigenvalue weighted by Crippen LogP contribution is 2.23. The summed E-state index contributed by atoms with van der Waals surface area (Å²) in [5.74, 6) is 0.896. The molecule has 6 heteroatoms. The second-order valence-electron chi connectivity index (χ2n) is 4.27. The molecule has 0 aliphatic carbocycles. The van der Waals surface area contributed by atoms with Gasteiger partial charge in [-0.05, 0) is 0 Å². The monoisotopic (exact) mass is 303 g/mol. The third kappa shape index (κ3) is 3.26. The number of thioether (sulfide) groups is 1. The van der Waals surface area contributed by atoms with Crippen LogP contribution in [0.5, 0.6) is 0 Å². The first-order valence-electron chi connectivity index (χ1n) is 6.28. The summed E-state index contributed by atoms with van der Waals surface area (Å²) in [6.07, 6.45) is 0.295. The quantitative estimate of drug-likeness (QED) is 0.948. The molecular formula is C14H13N3OS2. The van der Waals surface area contributed by atoms with Crippen molar-refractivity contribution < 1.29 is 4.79 Å². The maximum absolute atomic E-state index is 11.9. The van der Waals surface area contributed by atoms with Crippen molar-refractivity contribution in [1.82, 2.24) is 10.3 Å². The van der Waals surface area contributed by atoms with Crippen molar-refractivity contribution >= 4 is 34.2 Å². The molecule has 3 rings (SSSR count). The van der Waals surface area contributed by atoms with Gasteiger partial charge in [0.15, 0.2) is 5.17 Å². The molecule has 20 heavy (non-hydrogen) atoms. The van der Waals surface area contributed by atoms with Crippen molar-refractivity contribution in [2.45, 2.75) is 6.42 Å². The van der Waals surface area contributed by atoms with Gasteiger partial charge in [0.05, 0.1) is 18.7 Å². The minimum atomic E-state index is -0.0527. The Morgan fingerprint density at radius 2 is 2.15 bits per heavy atom. The lowest BCUT2D eigenvalue weighted by atomic mass is 10.2. The summed E-state index contributed by atoms with van der Waals surface area (Å²) in [6, 6.07) is 9.99. The number of amidine groups is 1. The van der Waals surface area contributed by atoms with Crippen LogP contribution in [0.15, 0.2) is 40.7 Å². The highest BCUT2D eigenvalue weighted by molar-refractivity contribution is 8.14. The van der Waals surface area contributed by atoms with E-state index in [1.807, 2.05) is 35.7 Å². The molecule has 102 valence electrons. The van der Waals surface area contributed by atoms with Gasteiger partial charge < -0.3 is 5.32 Å². The molecule has 1 aromatic carbocycles. The van der Waals surface area contributed by atoms with Crippen LogP contribution < -0.4 is 5.32 Å². The van der Waals surface area contributed by atoms with Gasteiger partial charge in [-0.15, -0.1) is 11.3 Å². The number of carbonyl (C=O) groups is 1. The van der Waals surface area contributed by atoms with E-state index in [-0.39, 0.29) is 5.91 Å². The van der Waals surface area contributed by atoms with Crippen LogP contribution in [0.3, 0.4) is 0 Å². The second-order valence-corrected chi connectivity index (χ2v) is 6.21. The average Bonchev–Trinajstić information content (AvgIpc) is 3.11. The van der Waals surface area contributed by atoms with E-state index < -0.39 is 0 Å². The summed E-state index contributed by atoms with van der Waals surface area (Å²) in [6.45, 7) is 0.787. The number of benzene rings is 1. The number of aromatic nitrogens is 1. The maximum atomic E-state index is 11.9. The smallest absolute Gasteiger partial charge is 0.231 e. The molecule has 0 saturated heterocycles. The van der Waals surface area contributed by atoms with Crippen LogP contribution >= 0.6 is 23.1 Å². The van der Waals surface area contributed by atoms with Crippen LogP contribution in [0.2, 0.25) is 0 Å². The minimum Gasteiger partial charge on any atom is -0.305 e. The molecule has 1 aliphatic rings. The molecule has 0 atom stereocenters. The summed E-state index contributed by atoms with van der Waals surface area (Å²) in [7, 11) is 0. The fourth-order valence-corrected chi connectivity index (χ4v) is 3.41. The van der Waals surface area contributed by atoms with Crippen molar-refractivity contribution in [3.05, 3.63) is 41.4 Å². The lowest BCUT2D eigenvalue weighted by Gasteiger charge is -2.01. The predicted molar refractivity (Wildman–Crippen MR) is 84.2 cm³/mol. The zero-order valence-corrected chi connectivity index (χ0v) is 12.3. The number of aliphatic imine (C=N–C) groups is 1. The molecule has 2 heterocycles. The normalized spacial score (nSPS) is 14.1. The van der Waals surface area contributed by atoms with Gasteiger partial charge >= 0.3 is 0 Å². The van der Waals surface area contributed by atoms with Crippen LogP contribution in [0.25, 0.3) is 10.6 Å². The van der Waals surface area contributed by atoms with Gasteiger partial charge in [-0.25, -0.2) is 4.98 Å². The van der Waals surface area contributed by atoms with Crippen LogP contribution in [0, 0.1) is 0 Å².